The van der Waals surface area contributed by atoms with Crippen LogP contribution in [-0.2, 0) is 4.79 Å². The molecular formula is C17H17ClN4O5. The second kappa shape index (κ2) is 9.39. The number of benzene rings is 2. The zero-order valence-electron chi connectivity index (χ0n) is 14.3. The van der Waals surface area contributed by atoms with Crippen LogP contribution >= 0.6 is 11.6 Å². The summed E-state index contributed by atoms with van der Waals surface area (Å²) < 4.78 is 5.17. The highest BCUT2D eigenvalue weighted by Gasteiger charge is 2.19. The maximum Gasteiger partial charge on any atom is 0.315 e. The van der Waals surface area contributed by atoms with Crippen LogP contribution in [0.1, 0.15) is 12.5 Å². The third-order valence-electron chi connectivity index (χ3n) is 3.27. The molecular weight excluding hydrogens is 376 g/mol. The molecule has 10 heteroatoms. The molecule has 0 saturated heterocycles. The first-order chi connectivity index (χ1) is 12.9. The average molecular weight is 393 g/mol. The smallest absolute Gasteiger partial charge is 0.315 e. The molecule has 2 aromatic carbocycles. The fourth-order valence-electron chi connectivity index (χ4n) is 2.06. The van der Waals surface area contributed by atoms with E-state index in [2.05, 4.69) is 15.8 Å². The molecule has 142 valence electrons. The maximum absolute atomic E-state index is 11.8. The zero-order chi connectivity index (χ0) is 19.8. The first-order valence-corrected chi connectivity index (χ1v) is 8.24. The van der Waals surface area contributed by atoms with E-state index in [0.717, 1.165) is 6.07 Å². The lowest BCUT2D eigenvalue weighted by Gasteiger charge is -2.07. The summed E-state index contributed by atoms with van der Waals surface area (Å²) in [7, 11) is 0. The number of phenols is 1. The van der Waals surface area contributed by atoms with E-state index in [1.165, 1.54) is 12.3 Å². The predicted molar refractivity (Wildman–Crippen MR) is 102 cm³/mol. The minimum absolute atomic E-state index is 0.0289. The van der Waals surface area contributed by atoms with Crippen LogP contribution in [0.3, 0.4) is 0 Å². The molecule has 0 atom stereocenters. The molecule has 0 bridgehead atoms. The number of aromatic hydroxyl groups is 1. The SMILES string of the molecule is CCOc1cc(/C=N\NC(=O)CNc2ccc(Cl)cc2)cc([N+](=O)[O-])c1O. The van der Waals surface area contributed by atoms with E-state index >= 15 is 0 Å². The van der Waals surface area contributed by atoms with Gasteiger partial charge in [-0.2, -0.15) is 5.10 Å². The normalized spacial score (nSPS) is 10.6. The highest BCUT2D eigenvalue weighted by molar-refractivity contribution is 6.30. The lowest BCUT2D eigenvalue weighted by molar-refractivity contribution is -0.386. The van der Waals surface area contributed by atoms with Gasteiger partial charge in [0.05, 0.1) is 24.3 Å². The van der Waals surface area contributed by atoms with Gasteiger partial charge in [0.1, 0.15) is 0 Å². The summed E-state index contributed by atoms with van der Waals surface area (Å²) in [6, 6.07) is 9.33. The van der Waals surface area contributed by atoms with Crippen LogP contribution < -0.4 is 15.5 Å². The van der Waals surface area contributed by atoms with E-state index in [4.69, 9.17) is 16.3 Å². The molecule has 2 rings (SSSR count). The van der Waals surface area contributed by atoms with Crippen LogP contribution in [0.2, 0.25) is 5.02 Å². The van der Waals surface area contributed by atoms with E-state index < -0.39 is 22.3 Å². The van der Waals surface area contributed by atoms with E-state index in [9.17, 15) is 20.0 Å². The van der Waals surface area contributed by atoms with E-state index in [0.29, 0.717) is 10.7 Å². The Kier molecular flexibility index (Phi) is 6.95. The summed E-state index contributed by atoms with van der Waals surface area (Å²) in [6.45, 7) is 1.87. The number of phenolic OH excluding ortho intramolecular Hbond substituents is 1. The Labute approximate surface area is 159 Å². The fourth-order valence-corrected chi connectivity index (χ4v) is 2.19. The van der Waals surface area contributed by atoms with Gasteiger partial charge in [0.15, 0.2) is 5.75 Å². The van der Waals surface area contributed by atoms with Crippen LogP contribution in [0.25, 0.3) is 0 Å². The van der Waals surface area contributed by atoms with Crippen molar-refractivity contribution in [3.63, 3.8) is 0 Å². The van der Waals surface area contributed by atoms with Crippen molar-refractivity contribution < 1.29 is 19.6 Å². The number of hydrazone groups is 1. The number of nitro benzene ring substituents is 1. The largest absolute Gasteiger partial charge is 0.500 e. The Hall–Kier alpha value is -3.33. The number of carbonyl (C=O) groups is 1. The first kappa shape index (κ1) is 20.0. The van der Waals surface area contributed by atoms with Gasteiger partial charge in [0.2, 0.25) is 5.75 Å². The lowest BCUT2D eigenvalue weighted by atomic mass is 10.2. The molecule has 1 amide bonds. The number of anilines is 1. The van der Waals surface area contributed by atoms with Crippen LogP contribution in [0.4, 0.5) is 11.4 Å². The standard InChI is InChI=1S/C17H17ClN4O5/c1-2-27-15-8-11(7-14(17(15)24)22(25)26)9-20-21-16(23)10-19-13-5-3-12(18)4-6-13/h3-9,19,24H,2,10H2,1H3,(H,21,23)/b20-9-. The average Bonchev–Trinajstić information content (AvgIpc) is 2.63. The highest BCUT2D eigenvalue weighted by atomic mass is 35.5. The van der Waals surface area contributed by atoms with Gasteiger partial charge in [-0.05, 0) is 37.3 Å². The van der Waals surface area contributed by atoms with Crippen molar-refractivity contribution in [3.8, 4) is 11.5 Å². The van der Waals surface area contributed by atoms with Crippen LogP contribution in [0, 0.1) is 10.1 Å². The van der Waals surface area contributed by atoms with Crippen molar-refractivity contribution >= 4 is 35.1 Å². The van der Waals surface area contributed by atoms with Gasteiger partial charge >= 0.3 is 5.69 Å². The number of amides is 1. The minimum Gasteiger partial charge on any atom is -0.500 e. The Morgan fingerprint density at radius 2 is 2.07 bits per heavy atom. The fraction of sp³-hybridized carbons (Fsp3) is 0.176. The van der Waals surface area contributed by atoms with Crippen molar-refractivity contribution in [3.05, 3.63) is 57.1 Å². The van der Waals surface area contributed by atoms with E-state index in [1.54, 1.807) is 31.2 Å². The lowest BCUT2D eigenvalue weighted by Crippen LogP contribution is -2.25. The molecule has 0 saturated carbocycles. The minimum atomic E-state index is -0.732. The quantitative estimate of drug-likeness (QED) is 0.360. The van der Waals surface area contributed by atoms with Gasteiger partial charge < -0.3 is 15.2 Å². The molecule has 27 heavy (non-hydrogen) atoms. The Morgan fingerprint density at radius 1 is 1.37 bits per heavy atom. The summed E-state index contributed by atoms with van der Waals surface area (Å²) in [6.07, 6.45) is 1.22. The van der Waals surface area contributed by atoms with Crippen LogP contribution in [0.5, 0.6) is 11.5 Å². The highest BCUT2D eigenvalue weighted by Crippen LogP contribution is 2.36. The summed E-state index contributed by atoms with van der Waals surface area (Å²) in [4.78, 5) is 22.1. The van der Waals surface area contributed by atoms with Gasteiger partial charge in [0.25, 0.3) is 5.91 Å². The first-order valence-electron chi connectivity index (χ1n) is 7.86. The van der Waals surface area contributed by atoms with E-state index in [-0.39, 0.29) is 24.5 Å². The topological polar surface area (TPSA) is 126 Å². The Balaban J connectivity index is 1.99. The molecule has 0 aliphatic rings. The number of carbonyl (C=O) groups excluding carboxylic acids is 1. The zero-order valence-corrected chi connectivity index (χ0v) is 15.1. The van der Waals surface area contributed by atoms with Crippen molar-refractivity contribution in [2.45, 2.75) is 6.92 Å². The van der Waals surface area contributed by atoms with Crippen LogP contribution in [-0.4, -0.2) is 35.3 Å². The molecule has 2 aromatic rings. The number of nitro groups is 1. The second-order valence-electron chi connectivity index (χ2n) is 5.23. The summed E-state index contributed by atoms with van der Waals surface area (Å²) in [5.74, 6) is -1.02. The molecule has 0 radical (unpaired) electrons. The molecule has 0 spiro atoms. The Bertz CT molecular complexity index is 855. The van der Waals surface area contributed by atoms with Crippen molar-refractivity contribution in [2.75, 3.05) is 18.5 Å². The number of hydrogen-bond acceptors (Lipinski definition) is 7. The molecule has 0 aliphatic carbocycles. The molecule has 9 nitrogen and oxygen atoms in total. The predicted octanol–water partition coefficient (Wildman–Crippen LogP) is 2.91. The van der Waals surface area contributed by atoms with Gasteiger partial charge in [-0.1, -0.05) is 11.6 Å². The number of nitrogens with one attached hydrogen (secondary N) is 2. The summed E-state index contributed by atoms with van der Waals surface area (Å²) >= 11 is 5.78. The molecule has 3 N–H and O–H groups in total. The van der Waals surface area contributed by atoms with Crippen molar-refractivity contribution in [2.24, 2.45) is 5.10 Å². The van der Waals surface area contributed by atoms with E-state index in [1.807, 2.05) is 0 Å². The Morgan fingerprint density at radius 3 is 2.70 bits per heavy atom. The summed E-state index contributed by atoms with van der Waals surface area (Å²) in [5, 5.41) is 28.1. The molecule has 0 fully saturated rings. The monoisotopic (exact) mass is 392 g/mol. The number of nitrogens with zero attached hydrogens (tertiary/aromatic N) is 2. The van der Waals surface area contributed by atoms with Gasteiger partial charge in [-0.3, -0.25) is 14.9 Å². The molecule has 0 unspecified atom stereocenters. The second-order valence-corrected chi connectivity index (χ2v) is 5.67. The maximum atomic E-state index is 11.8. The third-order valence-corrected chi connectivity index (χ3v) is 3.53. The van der Waals surface area contributed by atoms with Gasteiger partial charge in [-0.15, -0.1) is 0 Å². The van der Waals surface area contributed by atoms with Crippen LogP contribution in [0.15, 0.2) is 41.5 Å². The molecule has 0 aromatic heterocycles. The number of halogens is 1. The molecule has 0 aliphatic heterocycles. The van der Waals surface area contributed by atoms with Gasteiger partial charge in [-0.25, -0.2) is 5.43 Å². The third kappa shape index (κ3) is 5.86. The van der Waals surface area contributed by atoms with Crippen molar-refractivity contribution in [1.82, 2.24) is 5.43 Å². The number of ether oxygens (including phenoxy) is 1. The number of rotatable bonds is 8. The number of hydrogen-bond donors (Lipinski definition) is 3. The van der Waals surface area contributed by atoms with Gasteiger partial charge in [0, 0.05) is 22.3 Å². The molecule has 0 heterocycles. The summed E-state index contributed by atoms with van der Waals surface area (Å²) in [5.41, 5.74) is 2.78. The van der Waals surface area contributed by atoms with Crippen molar-refractivity contribution in [1.29, 1.82) is 0 Å².